The maximum absolute atomic E-state index is 13.6. The van der Waals surface area contributed by atoms with Crippen LogP contribution in [0.1, 0.15) is 23.1 Å². The summed E-state index contributed by atoms with van der Waals surface area (Å²) in [6.07, 6.45) is 0. The Balaban J connectivity index is 1.76. The third-order valence-electron chi connectivity index (χ3n) is 4.50. The van der Waals surface area contributed by atoms with E-state index in [2.05, 4.69) is 31.4 Å². The highest BCUT2D eigenvalue weighted by atomic mass is 79.9. The molecule has 0 saturated carbocycles. The zero-order chi connectivity index (χ0) is 21.3. The van der Waals surface area contributed by atoms with Crippen molar-refractivity contribution in [2.75, 3.05) is 5.32 Å². The monoisotopic (exact) mass is 489 g/mol. The predicted molar refractivity (Wildman–Crippen MR) is 115 cm³/mol. The maximum atomic E-state index is 13.6. The normalized spacial score (nSPS) is 12.0. The Bertz CT molecular complexity index is 1210. The number of nitrogens with zero attached hydrogens (tertiary/aromatic N) is 2. The Morgan fingerprint density at radius 1 is 1.00 bits per heavy atom. The van der Waals surface area contributed by atoms with Crippen molar-refractivity contribution in [3.63, 3.8) is 0 Å². The molecule has 0 spiro atoms. The van der Waals surface area contributed by atoms with Crippen LogP contribution in [-0.4, -0.2) is 10.2 Å². The van der Waals surface area contributed by atoms with E-state index in [1.165, 1.54) is 24.3 Å². The van der Waals surface area contributed by atoms with E-state index in [1.54, 1.807) is 18.2 Å². The number of benzene rings is 3. The van der Waals surface area contributed by atoms with Gasteiger partial charge >= 0.3 is 0 Å². The van der Waals surface area contributed by atoms with Gasteiger partial charge in [-0.05, 0) is 61.0 Å². The Morgan fingerprint density at radius 3 is 2.53 bits per heavy atom. The summed E-state index contributed by atoms with van der Waals surface area (Å²) < 4.78 is 34.0. The third-order valence-corrected chi connectivity index (χ3v) is 5.72. The Labute approximate surface area is 185 Å². The quantitative estimate of drug-likeness (QED) is 0.329. The second kappa shape index (κ2) is 8.53. The van der Waals surface area contributed by atoms with Gasteiger partial charge in [-0.3, -0.25) is 0 Å². The van der Waals surface area contributed by atoms with Crippen molar-refractivity contribution in [2.24, 2.45) is 0 Å². The molecule has 0 fully saturated rings. The lowest BCUT2D eigenvalue weighted by atomic mass is 10.1. The van der Waals surface area contributed by atoms with Gasteiger partial charge in [-0.25, -0.2) is 8.78 Å². The molecule has 0 aliphatic carbocycles. The Kier molecular flexibility index (Phi) is 5.83. The molecule has 0 saturated heterocycles. The first-order valence-electron chi connectivity index (χ1n) is 8.97. The lowest BCUT2D eigenvalue weighted by molar-refractivity contribution is 0.493. The lowest BCUT2D eigenvalue weighted by Crippen LogP contribution is -2.14. The van der Waals surface area contributed by atoms with Crippen molar-refractivity contribution in [2.45, 2.75) is 13.0 Å². The van der Waals surface area contributed by atoms with E-state index in [9.17, 15) is 8.78 Å². The fraction of sp³-hybridized carbons (Fsp3) is 0.0909. The van der Waals surface area contributed by atoms with E-state index in [0.29, 0.717) is 11.1 Å². The van der Waals surface area contributed by atoms with E-state index in [0.717, 1.165) is 15.7 Å². The highest BCUT2D eigenvalue weighted by Gasteiger charge is 2.24. The zero-order valence-electron chi connectivity index (χ0n) is 15.7. The van der Waals surface area contributed by atoms with Gasteiger partial charge in [-0.1, -0.05) is 39.7 Å². The fourth-order valence-electron chi connectivity index (χ4n) is 3.00. The second-order valence-electron chi connectivity index (χ2n) is 6.66. The molecular weight excluding hydrogens is 476 g/mol. The van der Waals surface area contributed by atoms with Crippen LogP contribution in [0.2, 0.25) is 5.02 Å². The van der Waals surface area contributed by atoms with Crippen LogP contribution < -0.4 is 5.32 Å². The van der Waals surface area contributed by atoms with Crippen molar-refractivity contribution in [3.05, 3.63) is 98.8 Å². The van der Waals surface area contributed by atoms with Gasteiger partial charge in [0.1, 0.15) is 17.7 Å². The van der Waals surface area contributed by atoms with Crippen molar-refractivity contribution >= 4 is 33.2 Å². The molecule has 0 bridgehead atoms. The highest BCUT2D eigenvalue weighted by Crippen LogP contribution is 2.33. The molecule has 30 heavy (non-hydrogen) atoms. The minimum absolute atomic E-state index is 0.168. The number of aromatic nitrogens is 2. The summed E-state index contributed by atoms with van der Waals surface area (Å²) in [5.74, 6) is -0.480. The standard InChI is InChI=1S/C22H15BrClF2N3O/c1-12-9-16(6-8-18(12)23)27-20(17-7-5-15(26)11-19(17)24)22-29-28-21(30-22)13-3-2-4-14(25)10-13/h2-11,20,27H,1H3. The summed E-state index contributed by atoms with van der Waals surface area (Å²) in [6.45, 7) is 1.96. The van der Waals surface area contributed by atoms with Gasteiger partial charge in [0.05, 0.1) is 0 Å². The first-order valence-corrected chi connectivity index (χ1v) is 10.1. The predicted octanol–water partition coefficient (Wildman–Crippen LogP) is 6.94. The molecule has 1 N–H and O–H groups in total. The van der Waals surface area contributed by atoms with Gasteiger partial charge in [0, 0.05) is 26.3 Å². The van der Waals surface area contributed by atoms with Crippen molar-refractivity contribution < 1.29 is 13.2 Å². The van der Waals surface area contributed by atoms with Crippen molar-refractivity contribution in [3.8, 4) is 11.5 Å². The maximum Gasteiger partial charge on any atom is 0.247 e. The molecule has 152 valence electrons. The lowest BCUT2D eigenvalue weighted by Gasteiger charge is -2.19. The van der Waals surface area contributed by atoms with Gasteiger partial charge in [-0.15, -0.1) is 10.2 Å². The van der Waals surface area contributed by atoms with Gasteiger partial charge in [0.25, 0.3) is 0 Å². The van der Waals surface area contributed by atoms with E-state index in [-0.39, 0.29) is 16.8 Å². The summed E-state index contributed by atoms with van der Waals surface area (Å²) in [4.78, 5) is 0. The molecule has 4 rings (SSSR count). The first-order chi connectivity index (χ1) is 14.4. The topological polar surface area (TPSA) is 51.0 Å². The number of aryl methyl sites for hydroxylation is 1. The first kappa shape index (κ1) is 20.5. The molecule has 0 radical (unpaired) electrons. The molecular formula is C22H15BrClF2N3O. The molecule has 8 heteroatoms. The molecule has 1 unspecified atom stereocenters. The van der Waals surface area contributed by atoms with E-state index >= 15 is 0 Å². The van der Waals surface area contributed by atoms with Gasteiger partial charge < -0.3 is 9.73 Å². The summed E-state index contributed by atoms with van der Waals surface area (Å²) in [6, 6.07) is 15.1. The zero-order valence-corrected chi connectivity index (χ0v) is 18.0. The second-order valence-corrected chi connectivity index (χ2v) is 7.92. The van der Waals surface area contributed by atoms with Crippen LogP contribution in [0.5, 0.6) is 0 Å². The molecule has 4 aromatic rings. The van der Waals surface area contributed by atoms with Crippen molar-refractivity contribution in [1.82, 2.24) is 10.2 Å². The van der Waals surface area contributed by atoms with E-state index < -0.39 is 17.7 Å². The van der Waals surface area contributed by atoms with Crippen LogP contribution in [0.3, 0.4) is 0 Å². The summed E-state index contributed by atoms with van der Waals surface area (Å²) >= 11 is 9.79. The van der Waals surface area contributed by atoms with Gasteiger partial charge in [0.15, 0.2) is 0 Å². The van der Waals surface area contributed by atoms with Crippen LogP contribution in [0.15, 0.2) is 69.6 Å². The average Bonchev–Trinajstić information content (AvgIpc) is 3.19. The van der Waals surface area contributed by atoms with Crippen LogP contribution in [0.4, 0.5) is 14.5 Å². The molecule has 3 aromatic carbocycles. The highest BCUT2D eigenvalue weighted by molar-refractivity contribution is 9.10. The van der Waals surface area contributed by atoms with Crippen LogP contribution in [-0.2, 0) is 0 Å². The number of anilines is 1. The molecule has 0 amide bonds. The molecule has 1 aromatic heterocycles. The number of halogens is 4. The molecule has 1 heterocycles. The number of rotatable bonds is 5. The Morgan fingerprint density at radius 2 is 1.80 bits per heavy atom. The smallest absolute Gasteiger partial charge is 0.247 e. The van der Waals surface area contributed by atoms with Crippen LogP contribution >= 0.6 is 27.5 Å². The number of nitrogens with one attached hydrogen (secondary N) is 1. The minimum Gasteiger partial charge on any atom is -0.418 e. The van der Waals surface area contributed by atoms with Crippen LogP contribution in [0.25, 0.3) is 11.5 Å². The summed E-state index contributed by atoms with van der Waals surface area (Å²) in [7, 11) is 0. The van der Waals surface area contributed by atoms with E-state index in [4.69, 9.17) is 16.0 Å². The Hall–Kier alpha value is -2.77. The SMILES string of the molecule is Cc1cc(NC(c2nnc(-c3cccc(F)c3)o2)c2ccc(F)cc2Cl)ccc1Br. The molecule has 1 atom stereocenters. The number of hydrogen-bond acceptors (Lipinski definition) is 4. The summed E-state index contributed by atoms with van der Waals surface area (Å²) in [5.41, 5.74) is 2.83. The molecule has 0 aliphatic heterocycles. The average molecular weight is 491 g/mol. The van der Waals surface area contributed by atoms with Crippen molar-refractivity contribution in [1.29, 1.82) is 0 Å². The van der Waals surface area contributed by atoms with Crippen LogP contribution in [0, 0.1) is 18.6 Å². The third kappa shape index (κ3) is 4.37. The van der Waals surface area contributed by atoms with E-state index in [1.807, 2.05) is 25.1 Å². The molecule has 0 aliphatic rings. The number of hydrogen-bond donors (Lipinski definition) is 1. The van der Waals surface area contributed by atoms with Gasteiger partial charge in [-0.2, -0.15) is 0 Å². The molecule has 4 nitrogen and oxygen atoms in total. The largest absolute Gasteiger partial charge is 0.418 e. The summed E-state index contributed by atoms with van der Waals surface area (Å²) in [5, 5.41) is 11.7. The minimum atomic E-state index is -0.645. The van der Waals surface area contributed by atoms with Gasteiger partial charge in [0.2, 0.25) is 11.8 Å². The fourth-order valence-corrected chi connectivity index (χ4v) is 3.52.